The molecule has 2 rings (SSSR count). The van der Waals surface area contributed by atoms with E-state index in [1.807, 2.05) is 0 Å². The van der Waals surface area contributed by atoms with E-state index < -0.39 is 20.6 Å². The normalized spacial score (nSPS) is 15.8. The lowest BCUT2D eigenvalue weighted by Gasteiger charge is -2.20. The summed E-state index contributed by atoms with van der Waals surface area (Å²) in [5.74, 6) is 1.38. The smallest absolute Gasteiger partial charge is 0.163 e. The van der Waals surface area contributed by atoms with Crippen molar-refractivity contribution in [1.82, 2.24) is 0 Å². The van der Waals surface area contributed by atoms with E-state index in [9.17, 15) is 12.6 Å². The lowest BCUT2D eigenvalue weighted by Crippen LogP contribution is -2.17. The Bertz CT molecular complexity index is 627. The first-order chi connectivity index (χ1) is 9.35. The monoisotopic (exact) mass is 319 g/mol. The molecule has 1 aromatic carbocycles. The first kappa shape index (κ1) is 15.1. The summed E-state index contributed by atoms with van der Waals surface area (Å²) in [6.07, 6.45) is 1.13. The summed E-state index contributed by atoms with van der Waals surface area (Å²) >= 11 is 0. The Kier molecular flexibility index (Phi) is 4.54. The molecule has 0 fully saturated rings. The van der Waals surface area contributed by atoms with Crippen LogP contribution >= 0.6 is 0 Å². The third-order valence-electron chi connectivity index (χ3n) is 2.80. The predicted octanol–water partition coefficient (Wildman–Crippen LogP) is 0.333. The highest BCUT2D eigenvalue weighted by Gasteiger charge is 2.16. The SMILES string of the molecule is CS(=O)(=O)CCS(=O)Cc1cc2c(cc1N)OCCO2. The zero-order valence-electron chi connectivity index (χ0n) is 11.1. The van der Waals surface area contributed by atoms with Crippen LogP contribution in [-0.4, -0.2) is 43.6 Å². The fourth-order valence-corrected chi connectivity index (χ4v) is 4.46. The van der Waals surface area contributed by atoms with Gasteiger partial charge in [0.05, 0.1) is 11.5 Å². The Morgan fingerprint density at radius 1 is 1.25 bits per heavy atom. The first-order valence-electron chi connectivity index (χ1n) is 6.06. The number of sulfone groups is 1. The molecule has 1 aliphatic rings. The molecule has 0 spiro atoms. The molecule has 8 heteroatoms. The Morgan fingerprint density at radius 3 is 2.45 bits per heavy atom. The third-order valence-corrected chi connectivity index (χ3v) is 5.30. The van der Waals surface area contributed by atoms with Crippen LogP contribution < -0.4 is 15.2 Å². The average Bonchev–Trinajstić information content (AvgIpc) is 2.36. The molecule has 0 radical (unpaired) electrons. The van der Waals surface area contributed by atoms with Crippen LogP contribution in [0.3, 0.4) is 0 Å². The maximum Gasteiger partial charge on any atom is 0.163 e. The minimum absolute atomic E-state index is 0.0932. The molecule has 112 valence electrons. The van der Waals surface area contributed by atoms with E-state index in [2.05, 4.69) is 0 Å². The van der Waals surface area contributed by atoms with Gasteiger partial charge in [-0.25, -0.2) is 8.42 Å². The Morgan fingerprint density at radius 2 is 1.85 bits per heavy atom. The molecule has 2 N–H and O–H groups in total. The van der Waals surface area contributed by atoms with Gasteiger partial charge in [-0.1, -0.05) is 0 Å². The number of nitrogen functional groups attached to an aromatic ring is 1. The molecule has 0 aromatic heterocycles. The lowest BCUT2D eigenvalue weighted by molar-refractivity contribution is 0.171. The summed E-state index contributed by atoms with van der Waals surface area (Å²) in [6, 6.07) is 3.36. The number of rotatable bonds is 5. The molecule has 0 aliphatic carbocycles. The van der Waals surface area contributed by atoms with Crippen LogP contribution in [0.1, 0.15) is 5.56 Å². The Balaban J connectivity index is 2.07. The van der Waals surface area contributed by atoms with Crippen molar-refractivity contribution in [2.75, 3.05) is 36.7 Å². The summed E-state index contributed by atoms with van der Waals surface area (Å²) in [6.45, 7) is 0.944. The van der Waals surface area contributed by atoms with Gasteiger partial charge in [0.1, 0.15) is 23.1 Å². The summed E-state index contributed by atoms with van der Waals surface area (Å²) in [4.78, 5) is 0. The van der Waals surface area contributed by atoms with Gasteiger partial charge in [0, 0.05) is 34.6 Å². The van der Waals surface area contributed by atoms with Crippen LogP contribution in [0.25, 0.3) is 0 Å². The molecule has 1 aliphatic heterocycles. The van der Waals surface area contributed by atoms with E-state index >= 15 is 0 Å². The molecular weight excluding hydrogens is 302 g/mol. The molecule has 1 heterocycles. The standard InChI is InChI=1S/C12H17NO5S2/c1-20(15,16)5-4-19(14)8-9-6-11-12(7-10(9)13)18-3-2-17-11/h6-7H,2-5,8,13H2,1H3. The van der Waals surface area contributed by atoms with Gasteiger partial charge in [-0.2, -0.15) is 0 Å². The van der Waals surface area contributed by atoms with Gasteiger partial charge in [0.15, 0.2) is 11.5 Å². The number of anilines is 1. The minimum atomic E-state index is -3.10. The lowest BCUT2D eigenvalue weighted by atomic mass is 10.2. The van der Waals surface area contributed by atoms with Crippen molar-refractivity contribution < 1.29 is 22.1 Å². The number of ether oxygens (including phenoxy) is 2. The van der Waals surface area contributed by atoms with E-state index in [4.69, 9.17) is 15.2 Å². The van der Waals surface area contributed by atoms with E-state index in [0.717, 1.165) is 6.26 Å². The van der Waals surface area contributed by atoms with Crippen LogP contribution in [0, 0.1) is 0 Å². The van der Waals surface area contributed by atoms with Crippen molar-refractivity contribution >= 4 is 26.3 Å². The van der Waals surface area contributed by atoms with Crippen molar-refractivity contribution in [2.24, 2.45) is 0 Å². The first-order valence-corrected chi connectivity index (χ1v) is 9.61. The quantitative estimate of drug-likeness (QED) is 0.786. The number of hydrogen-bond donors (Lipinski definition) is 1. The van der Waals surface area contributed by atoms with Crippen molar-refractivity contribution in [3.8, 4) is 11.5 Å². The molecule has 6 nitrogen and oxygen atoms in total. The van der Waals surface area contributed by atoms with Crippen LogP contribution in [0.2, 0.25) is 0 Å². The molecule has 0 saturated heterocycles. The highest BCUT2D eigenvalue weighted by molar-refractivity contribution is 7.92. The Labute approximate surface area is 120 Å². The van der Waals surface area contributed by atoms with E-state index in [1.165, 1.54) is 0 Å². The van der Waals surface area contributed by atoms with Gasteiger partial charge in [-0.3, -0.25) is 4.21 Å². The van der Waals surface area contributed by atoms with Crippen LogP contribution in [-0.2, 0) is 26.4 Å². The fourth-order valence-electron chi connectivity index (χ4n) is 1.76. The maximum absolute atomic E-state index is 11.9. The summed E-state index contributed by atoms with van der Waals surface area (Å²) in [7, 11) is -4.39. The predicted molar refractivity (Wildman–Crippen MR) is 78.3 cm³/mol. The molecular formula is C12H17NO5S2. The minimum Gasteiger partial charge on any atom is -0.486 e. The van der Waals surface area contributed by atoms with Crippen molar-refractivity contribution in [1.29, 1.82) is 0 Å². The summed E-state index contributed by atoms with van der Waals surface area (Å²) in [5, 5.41) is 0. The molecule has 20 heavy (non-hydrogen) atoms. The number of hydrogen-bond acceptors (Lipinski definition) is 6. The van der Waals surface area contributed by atoms with Crippen molar-refractivity contribution in [2.45, 2.75) is 5.75 Å². The van der Waals surface area contributed by atoms with Crippen LogP contribution in [0.4, 0.5) is 5.69 Å². The average molecular weight is 319 g/mol. The van der Waals surface area contributed by atoms with Gasteiger partial charge in [-0.05, 0) is 11.6 Å². The number of fused-ring (bicyclic) bond motifs is 1. The Hall–Kier alpha value is -1.28. The van der Waals surface area contributed by atoms with E-state index in [-0.39, 0.29) is 17.3 Å². The summed E-state index contributed by atoms with van der Waals surface area (Å²) < 4.78 is 44.8. The fraction of sp³-hybridized carbons (Fsp3) is 0.500. The summed E-state index contributed by atoms with van der Waals surface area (Å²) in [5.41, 5.74) is 7.04. The van der Waals surface area contributed by atoms with E-state index in [1.54, 1.807) is 12.1 Å². The van der Waals surface area contributed by atoms with Crippen molar-refractivity contribution in [3.63, 3.8) is 0 Å². The van der Waals surface area contributed by atoms with Crippen LogP contribution in [0.15, 0.2) is 12.1 Å². The molecule has 0 saturated carbocycles. The molecule has 0 bridgehead atoms. The number of benzene rings is 1. The van der Waals surface area contributed by atoms with Crippen LogP contribution in [0.5, 0.6) is 11.5 Å². The third kappa shape index (κ3) is 4.11. The molecule has 1 aromatic rings. The zero-order valence-corrected chi connectivity index (χ0v) is 12.8. The van der Waals surface area contributed by atoms with Gasteiger partial charge >= 0.3 is 0 Å². The zero-order chi connectivity index (χ0) is 14.8. The topological polar surface area (TPSA) is 95.7 Å². The highest BCUT2D eigenvalue weighted by atomic mass is 32.2. The van der Waals surface area contributed by atoms with E-state index in [0.29, 0.717) is 36.0 Å². The molecule has 1 atom stereocenters. The second-order valence-electron chi connectivity index (χ2n) is 4.61. The van der Waals surface area contributed by atoms with Crippen molar-refractivity contribution in [3.05, 3.63) is 17.7 Å². The second-order valence-corrected chi connectivity index (χ2v) is 8.45. The maximum atomic E-state index is 11.9. The van der Waals surface area contributed by atoms with Gasteiger partial charge in [0.25, 0.3) is 0 Å². The molecule has 1 unspecified atom stereocenters. The second kappa shape index (κ2) is 6.01. The number of nitrogens with two attached hydrogens (primary N) is 1. The van der Waals surface area contributed by atoms with Gasteiger partial charge < -0.3 is 15.2 Å². The van der Waals surface area contributed by atoms with Gasteiger partial charge in [0.2, 0.25) is 0 Å². The molecule has 0 amide bonds. The highest BCUT2D eigenvalue weighted by Crippen LogP contribution is 2.34. The van der Waals surface area contributed by atoms with Gasteiger partial charge in [-0.15, -0.1) is 0 Å². The largest absolute Gasteiger partial charge is 0.486 e.